The Morgan fingerprint density at radius 1 is 1.00 bits per heavy atom. The van der Waals surface area contributed by atoms with Gasteiger partial charge in [0.25, 0.3) is 0 Å². The van der Waals surface area contributed by atoms with E-state index in [0.717, 1.165) is 25.7 Å². The van der Waals surface area contributed by atoms with E-state index in [4.69, 9.17) is 18.9 Å². The second-order valence-electron chi connectivity index (χ2n) is 7.32. The largest absolute Gasteiger partial charge is 0.456 e. The van der Waals surface area contributed by atoms with E-state index in [1.54, 1.807) is 24.3 Å². The fourth-order valence-electron chi connectivity index (χ4n) is 3.98. The van der Waals surface area contributed by atoms with Gasteiger partial charge >= 0.3 is 17.9 Å². The third-order valence-corrected chi connectivity index (χ3v) is 5.16. The van der Waals surface area contributed by atoms with Crippen LogP contribution in [0.4, 0.5) is 0 Å². The third kappa shape index (κ3) is 5.10. The van der Waals surface area contributed by atoms with Crippen LogP contribution in [0.3, 0.4) is 0 Å². The highest BCUT2D eigenvalue weighted by Gasteiger charge is 2.47. The van der Waals surface area contributed by atoms with Gasteiger partial charge in [-0.1, -0.05) is 31.0 Å². The number of benzene rings is 1. The van der Waals surface area contributed by atoms with Gasteiger partial charge in [0.1, 0.15) is 12.2 Å². The first kappa shape index (κ1) is 20.3. The maximum Gasteiger partial charge on any atom is 0.338 e. The standard InChI is InChI=1S/C21H26O7/c1-13(22)25-18-12-17(27-21(18)26-14(2)23)19(15-8-6-7-9-15)28-20(24)16-10-4-3-5-11-16/h3-5,10-11,15,17-19,21H,6-9,12H2,1-2H3/t17-,18+,19?,21?/m0/s1. The summed E-state index contributed by atoms with van der Waals surface area (Å²) in [4.78, 5) is 35.5. The van der Waals surface area contributed by atoms with Gasteiger partial charge in [0, 0.05) is 20.3 Å². The van der Waals surface area contributed by atoms with Crippen LogP contribution in [0.2, 0.25) is 0 Å². The molecule has 0 radical (unpaired) electrons. The van der Waals surface area contributed by atoms with Crippen LogP contribution in [0.1, 0.15) is 56.3 Å². The van der Waals surface area contributed by atoms with E-state index in [2.05, 4.69) is 0 Å². The molecule has 7 heteroatoms. The van der Waals surface area contributed by atoms with E-state index in [9.17, 15) is 14.4 Å². The molecule has 0 bridgehead atoms. The molecular formula is C21H26O7. The van der Waals surface area contributed by atoms with Crippen molar-refractivity contribution in [2.24, 2.45) is 5.92 Å². The molecule has 1 aromatic carbocycles. The molecule has 0 N–H and O–H groups in total. The van der Waals surface area contributed by atoms with Crippen LogP contribution < -0.4 is 0 Å². The van der Waals surface area contributed by atoms with Crippen molar-refractivity contribution in [1.29, 1.82) is 0 Å². The Balaban J connectivity index is 1.76. The highest BCUT2D eigenvalue weighted by Crippen LogP contribution is 2.37. The molecule has 1 heterocycles. The van der Waals surface area contributed by atoms with Crippen LogP contribution in [-0.4, -0.2) is 42.5 Å². The van der Waals surface area contributed by atoms with Gasteiger partial charge in [-0.05, 0) is 30.9 Å². The average Bonchev–Trinajstić information content (AvgIpc) is 3.30. The Hall–Kier alpha value is -2.41. The normalized spacial score (nSPS) is 25.9. The molecule has 0 amide bonds. The Morgan fingerprint density at radius 2 is 1.64 bits per heavy atom. The van der Waals surface area contributed by atoms with Crippen LogP contribution in [0.25, 0.3) is 0 Å². The highest BCUT2D eigenvalue weighted by atomic mass is 16.7. The molecule has 1 saturated heterocycles. The monoisotopic (exact) mass is 390 g/mol. The van der Waals surface area contributed by atoms with Crippen molar-refractivity contribution in [3.63, 3.8) is 0 Å². The zero-order chi connectivity index (χ0) is 20.1. The first-order valence-corrected chi connectivity index (χ1v) is 9.70. The molecule has 4 atom stereocenters. The van der Waals surface area contributed by atoms with Gasteiger partial charge < -0.3 is 18.9 Å². The number of rotatable bonds is 6. The van der Waals surface area contributed by atoms with Crippen LogP contribution in [0, 0.1) is 5.92 Å². The Labute approximate surface area is 164 Å². The van der Waals surface area contributed by atoms with E-state index in [0.29, 0.717) is 12.0 Å². The smallest absolute Gasteiger partial charge is 0.338 e. The van der Waals surface area contributed by atoms with Crippen LogP contribution >= 0.6 is 0 Å². The molecule has 2 aliphatic rings. The summed E-state index contributed by atoms with van der Waals surface area (Å²) in [7, 11) is 0. The van der Waals surface area contributed by atoms with E-state index < -0.39 is 42.5 Å². The second kappa shape index (κ2) is 9.19. The predicted octanol–water partition coefficient (Wildman–Crippen LogP) is 3.01. The Morgan fingerprint density at radius 3 is 2.25 bits per heavy atom. The third-order valence-electron chi connectivity index (χ3n) is 5.16. The zero-order valence-electron chi connectivity index (χ0n) is 16.2. The van der Waals surface area contributed by atoms with Gasteiger partial charge in [-0.2, -0.15) is 0 Å². The summed E-state index contributed by atoms with van der Waals surface area (Å²) in [6, 6.07) is 8.79. The van der Waals surface area contributed by atoms with Crippen molar-refractivity contribution in [2.75, 3.05) is 0 Å². The van der Waals surface area contributed by atoms with E-state index >= 15 is 0 Å². The summed E-state index contributed by atoms with van der Waals surface area (Å²) < 4.78 is 22.2. The van der Waals surface area contributed by atoms with Crippen molar-refractivity contribution in [3.8, 4) is 0 Å². The van der Waals surface area contributed by atoms with E-state index in [1.807, 2.05) is 6.07 Å². The SMILES string of the molecule is CC(=O)OC1O[C@H](C(OC(=O)c2ccccc2)C2CCCC2)C[C@H]1OC(C)=O. The number of carbonyl (C=O) groups is 3. The lowest BCUT2D eigenvalue weighted by atomic mass is 9.94. The lowest BCUT2D eigenvalue weighted by molar-refractivity contribution is -0.200. The van der Waals surface area contributed by atoms with Gasteiger partial charge in [-0.3, -0.25) is 9.59 Å². The van der Waals surface area contributed by atoms with Crippen molar-refractivity contribution in [1.82, 2.24) is 0 Å². The second-order valence-corrected chi connectivity index (χ2v) is 7.32. The fourth-order valence-corrected chi connectivity index (χ4v) is 3.98. The van der Waals surface area contributed by atoms with Gasteiger partial charge in [-0.25, -0.2) is 4.79 Å². The molecular weight excluding hydrogens is 364 g/mol. The van der Waals surface area contributed by atoms with Crippen LogP contribution in [0.15, 0.2) is 30.3 Å². The lowest BCUT2D eigenvalue weighted by Crippen LogP contribution is -2.37. The van der Waals surface area contributed by atoms with Gasteiger partial charge in [0.2, 0.25) is 6.29 Å². The molecule has 0 spiro atoms. The molecule has 7 nitrogen and oxygen atoms in total. The van der Waals surface area contributed by atoms with Gasteiger partial charge in [-0.15, -0.1) is 0 Å². The van der Waals surface area contributed by atoms with Crippen LogP contribution in [0.5, 0.6) is 0 Å². The number of esters is 3. The minimum atomic E-state index is -0.995. The quantitative estimate of drug-likeness (QED) is 0.545. The summed E-state index contributed by atoms with van der Waals surface area (Å²) in [6.45, 7) is 2.56. The lowest BCUT2D eigenvalue weighted by Gasteiger charge is -2.28. The highest BCUT2D eigenvalue weighted by molar-refractivity contribution is 5.89. The molecule has 0 aromatic heterocycles. The fraction of sp³-hybridized carbons (Fsp3) is 0.571. The topological polar surface area (TPSA) is 88.1 Å². The first-order valence-electron chi connectivity index (χ1n) is 9.70. The van der Waals surface area contributed by atoms with Gasteiger partial charge in [0.05, 0.1) is 5.56 Å². The summed E-state index contributed by atoms with van der Waals surface area (Å²) in [5.41, 5.74) is 0.469. The molecule has 1 aliphatic carbocycles. The summed E-state index contributed by atoms with van der Waals surface area (Å²) in [5.74, 6) is -1.26. The van der Waals surface area contributed by atoms with Crippen LogP contribution in [-0.2, 0) is 28.5 Å². The van der Waals surface area contributed by atoms with Crippen molar-refractivity contribution < 1.29 is 33.3 Å². The molecule has 28 heavy (non-hydrogen) atoms. The summed E-state index contributed by atoms with van der Waals surface area (Å²) >= 11 is 0. The molecule has 2 unspecified atom stereocenters. The first-order chi connectivity index (χ1) is 13.4. The number of hydrogen-bond acceptors (Lipinski definition) is 7. The van der Waals surface area contributed by atoms with E-state index in [1.165, 1.54) is 13.8 Å². The number of carbonyl (C=O) groups excluding carboxylic acids is 3. The minimum Gasteiger partial charge on any atom is -0.456 e. The molecule has 1 saturated carbocycles. The van der Waals surface area contributed by atoms with E-state index in [-0.39, 0.29) is 5.92 Å². The maximum absolute atomic E-state index is 12.6. The minimum absolute atomic E-state index is 0.159. The molecule has 1 aromatic rings. The molecule has 3 rings (SSSR count). The maximum atomic E-state index is 12.6. The molecule has 2 fully saturated rings. The van der Waals surface area contributed by atoms with Crippen molar-refractivity contribution in [3.05, 3.63) is 35.9 Å². The summed E-state index contributed by atoms with van der Waals surface area (Å²) in [6.07, 6.45) is 1.59. The predicted molar refractivity (Wildman–Crippen MR) is 98.2 cm³/mol. The van der Waals surface area contributed by atoms with Gasteiger partial charge in [0.15, 0.2) is 6.10 Å². The molecule has 1 aliphatic heterocycles. The Kier molecular flexibility index (Phi) is 6.67. The molecule has 152 valence electrons. The zero-order valence-corrected chi connectivity index (χ0v) is 16.2. The number of hydrogen-bond donors (Lipinski definition) is 0. The van der Waals surface area contributed by atoms with Crippen molar-refractivity contribution >= 4 is 17.9 Å². The average molecular weight is 390 g/mol. The Bertz CT molecular complexity index is 672. The van der Waals surface area contributed by atoms with Crippen molar-refractivity contribution in [2.45, 2.75) is 70.6 Å². The number of ether oxygens (including phenoxy) is 4. The summed E-state index contributed by atoms with van der Waals surface area (Å²) in [5, 5.41) is 0.